The molecule has 1 aliphatic heterocycles. The van der Waals surface area contributed by atoms with Gasteiger partial charge < -0.3 is 14.5 Å². The van der Waals surface area contributed by atoms with Gasteiger partial charge in [-0.3, -0.25) is 0 Å². The molecule has 1 fully saturated rings. The van der Waals surface area contributed by atoms with Gasteiger partial charge in [0, 0.05) is 19.6 Å². The van der Waals surface area contributed by atoms with E-state index in [4.69, 9.17) is 4.74 Å². The smallest absolute Gasteiger partial charge is 0.378 e. The topological polar surface area (TPSA) is 41.5 Å². The highest BCUT2D eigenvalue weighted by Gasteiger charge is 2.37. The van der Waals surface area contributed by atoms with Gasteiger partial charge in [0.25, 0.3) is 0 Å². The maximum absolute atomic E-state index is 13.5. The summed E-state index contributed by atoms with van der Waals surface area (Å²) in [4.78, 5) is 12.5. The molecule has 1 saturated heterocycles. The molecule has 1 aromatic heterocycles. The average Bonchev–Trinajstić information content (AvgIpc) is 2.91. The molecular weight excluding hydrogens is 533 g/mol. The van der Waals surface area contributed by atoms with E-state index in [-0.39, 0.29) is 36.5 Å². The molecule has 0 atom stereocenters. The number of aromatic nitrogens is 2. The van der Waals surface area contributed by atoms with Gasteiger partial charge in [0.05, 0.1) is 42.4 Å². The summed E-state index contributed by atoms with van der Waals surface area (Å²) >= 11 is 0. The molecule has 1 aliphatic rings. The number of rotatable bonds is 8. The summed E-state index contributed by atoms with van der Waals surface area (Å²) < 4.78 is 86.4. The molecule has 0 unspecified atom stereocenters. The molecule has 0 N–H and O–H groups in total. The molecule has 1 radical (unpaired) electrons. The highest BCUT2D eigenvalue weighted by atomic mass is 19.4. The average molecular weight is 563 g/mol. The summed E-state index contributed by atoms with van der Waals surface area (Å²) in [5, 5.41) is 0. The van der Waals surface area contributed by atoms with Gasteiger partial charge >= 0.3 is 12.4 Å². The molecule has 0 spiro atoms. The number of nitrogens with zero attached hydrogens (tertiary/aromatic N) is 4. The van der Waals surface area contributed by atoms with Crippen LogP contribution in [0.2, 0.25) is 0 Å². The summed E-state index contributed by atoms with van der Waals surface area (Å²) in [5.41, 5.74) is 0.921. The maximum Gasteiger partial charge on any atom is 0.416 e. The lowest BCUT2D eigenvalue weighted by molar-refractivity contribution is -0.143. The van der Waals surface area contributed by atoms with E-state index in [1.54, 1.807) is 17.3 Å². The third-order valence-electron chi connectivity index (χ3n) is 6.81. The van der Waals surface area contributed by atoms with E-state index in [1.165, 1.54) is 0 Å². The van der Waals surface area contributed by atoms with Crippen LogP contribution in [-0.4, -0.2) is 50.0 Å². The summed E-state index contributed by atoms with van der Waals surface area (Å²) in [6.45, 7) is 8.27. The molecule has 0 bridgehead atoms. The zero-order valence-electron chi connectivity index (χ0n) is 22.5. The van der Waals surface area contributed by atoms with Gasteiger partial charge in [-0.2, -0.15) is 26.3 Å². The lowest BCUT2D eigenvalue weighted by atomic mass is 9.67. The van der Waals surface area contributed by atoms with Crippen LogP contribution in [0.25, 0.3) is 0 Å². The Morgan fingerprint density at radius 2 is 1.52 bits per heavy atom. The van der Waals surface area contributed by atoms with Crippen LogP contribution >= 0.6 is 0 Å². The molecule has 2 heterocycles. The van der Waals surface area contributed by atoms with E-state index in [0.717, 1.165) is 34.4 Å². The largest absolute Gasteiger partial charge is 0.416 e. The second kappa shape index (κ2) is 12.1. The number of aryl methyl sites for hydroxylation is 1. The second-order valence-corrected chi connectivity index (χ2v) is 10.1. The van der Waals surface area contributed by atoms with Crippen molar-refractivity contribution in [2.75, 3.05) is 42.5 Å². The molecular formula is C28H30BF6N4O. The molecule has 0 amide bonds. The summed E-state index contributed by atoms with van der Waals surface area (Å²) in [6, 6.07) is 7.68. The van der Waals surface area contributed by atoms with Crippen LogP contribution in [0.5, 0.6) is 0 Å². The molecule has 3 aromatic rings. The minimum Gasteiger partial charge on any atom is -0.378 e. The van der Waals surface area contributed by atoms with Crippen LogP contribution in [0, 0.1) is 6.92 Å². The van der Waals surface area contributed by atoms with E-state index >= 15 is 0 Å². The van der Waals surface area contributed by atoms with E-state index in [9.17, 15) is 26.3 Å². The normalized spacial score (nSPS) is 14.5. The number of anilines is 2. The quantitative estimate of drug-likeness (QED) is 0.257. The third kappa shape index (κ3) is 7.47. The highest BCUT2D eigenvalue weighted by molar-refractivity contribution is 6.54. The summed E-state index contributed by atoms with van der Waals surface area (Å²) in [7, 11) is 1.89. The Hall–Kier alpha value is -3.28. The van der Waals surface area contributed by atoms with Crippen LogP contribution in [-0.2, 0) is 23.6 Å². The van der Waals surface area contributed by atoms with Crippen LogP contribution in [0.15, 0.2) is 48.8 Å². The molecule has 0 aliphatic carbocycles. The number of hydrogen-bond donors (Lipinski definition) is 0. The summed E-state index contributed by atoms with van der Waals surface area (Å²) in [5.74, 6) is 0.475. The van der Waals surface area contributed by atoms with Crippen LogP contribution in [0.4, 0.5) is 38.0 Å². The van der Waals surface area contributed by atoms with E-state index in [0.29, 0.717) is 26.3 Å². The number of halogens is 6. The Bertz CT molecular complexity index is 1260. The number of morpholine rings is 1. The predicted molar refractivity (Wildman–Crippen MR) is 143 cm³/mol. The predicted octanol–water partition coefficient (Wildman–Crippen LogP) is 5.78. The first kappa shape index (κ1) is 29.7. The summed E-state index contributed by atoms with van der Waals surface area (Å²) in [6.07, 6.45) is -6.48. The van der Waals surface area contributed by atoms with Crippen LogP contribution < -0.4 is 15.3 Å². The second-order valence-electron chi connectivity index (χ2n) is 10.1. The van der Waals surface area contributed by atoms with Crippen molar-refractivity contribution in [2.45, 2.75) is 45.6 Å². The highest BCUT2D eigenvalue weighted by Crippen LogP contribution is 2.36. The first-order valence-electron chi connectivity index (χ1n) is 12.9. The van der Waals surface area contributed by atoms with Crippen molar-refractivity contribution in [1.82, 2.24) is 9.97 Å². The third-order valence-corrected chi connectivity index (χ3v) is 6.81. The Balaban J connectivity index is 1.67. The fraction of sp³-hybridized carbons (Fsp3) is 0.429. The van der Waals surface area contributed by atoms with Gasteiger partial charge in [-0.05, 0) is 48.6 Å². The van der Waals surface area contributed by atoms with Crippen molar-refractivity contribution < 1.29 is 31.1 Å². The first-order valence-corrected chi connectivity index (χ1v) is 12.9. The molecule has 0 saturated carbocycles. The van der Waals surface area contributed by atoms with Crippen molar-refractivity contribution in [2.24, 2.45) is 0 Å². The Labute approximate surface area is 230 Å². The van der Waals surface area contributed by atoms with E-state index in [1.807, 2.05) is 37.3 Å². The minimum absolute atomic E-state index is 0.133. The van der Waals surface area contributed by atoms with Gasteiger partial charge in [-0.15, -0.1) is 0 Å². The number of alkyl halides is 6. The van der Waals surface area contributed by atoms with Crippen molar-refractivity contribution in [3.63, 3.8) is 0 Å². The zero-order valence-corrected chi connectivity index (χ0v) is 22.5. The lowest BCUT2D eigenvalue weighted by Crippen LogP contribution is -2.37. The van der Waals surface area contributed by atoms with Crippen molar-refractivity contribution in [3.8, 4) is 0 Å². The molecule has 2 aromatic carbocycles. The molecule has 12 heteroatoms. The molecule has 40 heavy (non-hydrogen) atoms. The van der Waals surface area contributed by atoms with Crippen LogP contribution in [0.1, 0.15) is 47.6 Å². The molecule has 5 nitrogen and oxygen atoms in total. The lowest BCUT2D eigenvalue weighted by Gasteiger charge is -2.29. The number of ether oxygens (including phenoxy) is 1. The number of hydrogen-bond acceptors (Lipinski definition) is 5. The Morgan fingerprint density at radius 1 is 0.925 bits per heavy atom. The van der Waals surface area contributed by atoms with Gasteiger partial charge in [0.15, 0.2) is 7.28 Å². The number of benzene rings is 2. The minimum atomic E-state index is -4.93. The monoisotopic (exact) mass is 563 g/mol. The zero-order chi connectivity index (χ0) is 29.1. The van der Waals surface area contributed by atoms with Gasteiger partial charge in [0.1, 0.15) is 0 Å². The molecule has 4 rings (SSSR count). The van der Waals surface area contributed by atoms with Crippen molar-refractivity contribution in [1.29, 1.82) is 0 Å². The molecule has 213 valence electrons. The van der Waals surface area contributed by atoms with Crippen LogP contribution in [0.3, 0.4) is 0 Å². The van der Waals surface area contributed by atoms with Crippen molar-refractivity contribution >= 4 is 24.4 Å². The van der Waals surface area contributed by atoms with Gasteiger partial charge in [0.2, 0.25) is 5.95 Å². The van der Waals surface area contributed by atoms with Gasteiger partial charge in [-0.25, -0.2) is 9.97 Å². The van der Waals surface area contributed by atoms with E-state index in [2.05, 4.69) is 23.8 Å². The van der Waals surface area contributed by atoms with E-state index < -0.39 is 23.5 Å². The Kier molecular flexibility index (Phi) is 8.97. The fourth-order valence-corrected chi connectivity index (χ4v) is 4.46. The Morgan fingerprint density at radius 3 is 2.08 bits per heavy atom. The van der Waals surface area contributed by atoms with Gasteiger partial charge in [-0.1, -0.05) is 43.1 Å². The van der Waals surface area contributed by atoms with Crippen molar-refractivity contribution in [3.05, 3.63) is 76.6 Å². The maximum atomic E-state index is 13.5. The SMILES string of the molecule is Cc1ccc(C(C)C)cc1[B]CN(Cc1cc(C(F)(F)F)cc(C(F)(F)F)c1)c1ncc(N2CCOCC2)cn1. The standard InChI is InChI=1S/C28H30BF6N4O/c1-18(2)21-5-4-19(3)25(12-21)29-17-39(26-36-14-24(15-37-26)38-6-8-40-9-7-38)16-20-10-22(27(30,31)32)13-23(11-20)28(33,34)35/h4-5,10-15,18H,6-9,16-17H2,1-3H3. The first-order chi connectivity index (χ1) is 18.8. The fourth-order valence-electron chi connectivity index (χ4n) is 4.46.